The molecule has 1 N–H and O–H groups in total. The maximum Gasteiger partial charge on any atom is 0.338 e. The van der Waals surface area contributed by atoms with Gasteiger partial charge in [-0.2, -0.15) is 0 Å². The van der Waals surface area contributed by atoms with Gasteiger partial charge in [0, 0.05) is 17.8 Å². The Bertz CT molecular complexity index is 823. The Morgan fingerprint density at radius 1 is 1.11 bits per heavy atom. The highest BCUT2D eigenvalue weighted by Gasteiger charge is 2.29. The van der Waals surface area contributed by atoms with Crippen LogP contribution in [0.4, 0.5) is 5.69 Å². The molecule has 2 aromatic rings. The summed E-state index contributed by atoms with van der Waals surface area (Å²) in [5.74, 6) is -0.907. The first-order chi connectivity index (χ1) is 13.5. The van der Waals surface area contributed by atoms with Crippen LogP contribution in [0.1, 0.15) is 53.1 Å². The maximum atomic E-state index is 12.4. The highest BCUT2D eigenvalue weighted by Crippen LogP contribution is 2.22. The van der Waals surface area contributed by atoms with Crippen molar-refractivity contribution in [3.63, 3.8) is 0 Å². The van der Waals surface area contributed by atoms with Crippen LogP contribution < -0.4 is 5.32 Å². The van der Waals surface area contributed by atoms with Gasteiger partial charge in [-0.25, -0.2) is 4.79 Å². The lowest BCUT2D eigenvalue weighted by atomic mass is 9.97. The summed E-state index contributed by atoms with van der Waals surface area (Å²) in [4.78, 5) is 39.2. The molecule has 2 atom stereocenters. The van der Waals surface area contributed by atoms with Crippen molar-refractivity contribution in [2.75, 3.05) is 11.9 Å². The van der Waals surface area contributed by atoms with Gasteiger partial charge in [0.25, 0.3) is 11.8 Å². The van der Waals surface area contributed by atoms with Gasteiger partial charge in [0.2, 0.25) is 0 Å². The maximum absolute atomic E-state index is 12.4. The Balaban J connectivity index is 1.53. The van der Waals surface area contributed by atoms with Crippen molar-refractivity contribution in [3.05, 3.63) is 52.2 Å². The number of hydrogen-bond acceptors (Lipinski definition) is 5. The molecule has 0 unspecified atom stereocenters. The molecular formula is C21H24N2O4S. The zero-order valence-electron chi connectivity index (χ0n) is 16.0. The van der Waals surface area contributed by atoms with Crippen molar-refractivity contribution >= 4 is 34.8 Å². The molecule has 2 heterocycles. The lowest BCUT2D eigenvalue weighted by Crippen LogP contribution is -2.49. The molecule has 0 radical (unpaired) electrons. The van der Waals surface area contributed by atoms with Gasteiger partial charge in [0.05, 0.1) is 10.4 Å². The van der Waals surface area contributed by atoms with E-state index >= 15 is 0 Å². The van der Waals surface area contributed by atoms with E-state index in [9.17, 15) is 14.4 Å². The quantitative estimate of drug-likeness (QED) is 0.771. The second-order valence-corrected chi connectivity index (χ2v) is 7.96. The number of benzene rings is 1. The van der Waals surface area contributed by atoms with Gasteiger partial charge in [-0.1, -0.05) is 6.07 Å². The Hall–Kier alpha value is -2.67. The van der Waals surface area contributed by atoms with E-state index in [0.717, 1.165) is 19.3 Å². The second kappa shape index (κ2) is 9.01. The average Bonchev–Trinajstić information content (AvgIpc) is 3.21. The molecule has 0 bridgehead atoms. The first-order valence-electron chi connectivity index (χ1n) is 9.39. The summed E-state index contributed by atoms with van der Waals surface area (Å²) >= 11 is 1.36. The lowest BCUT2D eigenvalue weighted by Gasteiger charge is -2.38. The largest absolute Gasteiger partial charge is 0.452 e. The minimum absolute atomic E-state index is 0.159. The first-order valence-corrected chi connectivity index (χ1v) is 10.3. The molecule has 0 spiro atoms. The number of carbonyl (C=O) groups excluding carboxylic acids is 3. The van der Waals surface area contributed by atoms with Gasteiger partial charge >= 0.3 is 5.97 Å². The van der Waals surface area contributed by atoms with Crippen molar-refractivity contribution < 1.29 is 19.1 Å². The third kappa shape index (κ3) is 4.78. The third-order valence-corrected chi connectivity index (χ3v) is 5.80. The van der Waals surface area contributed by atoms with Crippen molar-refractivity contribution in [2.24, 2.45) is 0 Å². The van der Waals surface area contributed by atoms with Crippen LogP contribution in [0.15, 0.2) is 41.8 Å². The van der Waals surface area contributed by atoms with Crippen molar-refractivity contribution in [2.45, 2.75) is 45.2 Å². The second-order valence-electron chi connectivity index (χ2n) is 7.01. The molecule has 1 aliphatic heterocycles. The van der Waals surface area contributed by atoms with Gasteiger partial charge in [0.15, 0.2) is 6.61 Å². The number of nitrogens with one attached hydrogen (secondary N) is 1. The van der Waals surface area contributed by atoms with Gasteiger partial charge in [0.1, 0.15) is 0 Å². The van der Waals surface area contributed by atoms with Crippen LogP contribution in [0.2, 0.25) is 0 Å². The number of carbonyl (C=O) groups is 3. The number of rotatable bonds is 5. The van der Waals surface area contributed by atoms with E-state index < -0.39 is 5.97 Å². The number of likely N-dealkylation sites (tertiary alicyclic amines) is 1. The molecule has 1 saturated heterocycles. The number of thiophene rings is 1. The molecule has 0 saturated carbocycles. The van der Waals surface area contributed by atoms with Gasteiger partial charge in [-0.3, -0.25) is 9.59 Å². The van der Waals surface area contributed by atoms with Crippen LogP contribution in [0.3, 0.4) is 0 Å². The minimum atomic E-state index is -0.554. The van der Waals surface area contributed by atoms with E-state index in [2.05, 4.69) is 5.32 Å². The van der Waals surface area contributed by atoms with Crippen LogP contribution in [-0.2, 0) is 9.53 Å². The normalized spacial score (nSPS) is 19.1. The van der Waals surface area contributed by atoms with Crippen LogP contribution in [-0.4, -0.2) is 41.4 Å². The lowest BCUT2D eigenvalue weighted by molar-refractivity contribution is -0.140. The summed E-state index contributed by atoms with van der Waals surface area (Å²) in [7, 11) is 0. The van der Waals surface area contributed by atoms with Crippen LogP contribution in [0, 0.1) is 0 Å². The highest BCUT2D eigenvalue weighted by molar-refractivity contribution is 7.12. The molecule has 148 valence electrons. The first kappa shape index (κ1) is 20.1. The zero-order valence-corrected chi connectivity index (χ0v) is 16.8. The Morgan fingerprint density at radius 3 is 2.39 bits per heavy atom. The molecule has 3 rings (SSSR count). The molecule has 6 nitrogen and oxygen atoms in total. The number of hydrogen-bond donors (Lipinski definition) is 1. The Morgan fingerprint density at radius 2 is 1.79 bits per heavy atom. The van der Waals surface area contributed by atoms with E-state index in [1.54, 1.807) is 30.3 Å². The molecular weight excluding hydrogens is 376 g/mol. The third-order valence-electron chi connectivity index (χ3n) is 4.93. The number of anilines is 1. The topological polar surface area (TPSA) is 75.7 Å². The van der Waals surface area contributed by atoms with Gasteiger partial charge in [-0.15, -0.1) is 11.3 Å². The fraction of sp³-hybridized carbons (Fsp3) is 0.381. The molecule has 0 aliphatic carbocycles. The number of nitrogens with zero attached hydrogens (tertiary/aromatic N) is 1. The van der Waals surface area contributed by atoms with Crippen molar-refractivity contribution in [1.82, 2.24) is 4.90 Å². The monoisotopic (exact) mass is 400 g/mol. The number of piperidine rings is 1. The molecule has 1 aromatic carbocycles. The Kier molecular flexibility index (Phi) is 6.46. The predicted octanol–water partition coefficient (Wildman–Crippen LogP) is 3.95. The van der Waals surface area contributed by atoms with Crippen molar-refractivity contribution in [3.8, 4) is 0 Å². The number of ether oxygens (including phenoxy) is 1. The average molecular weight is 401 g/mol. The predicted molar refractivity (Wildman–Crippen MR) is 109 cm³/mol. The van der Waals surface area contributed by atoms with Crippen LogP contribution >= 0.6 is 11.3 Å². The number of esters is 1. The van der Waals surface area contributed by atoms with Crippen LogP contribution in [0.25, 0.3) is 0 Å². The minimum Gasteiger partial charge on any atom is -0.452 e. The summed E-state index contributed by atoms with van der Waals surface area (Å²) in [6, 6.07) is 10.3. The molecule has 7 heteroatoms. The fourth-order valence-corrected chi connectivity index (χ4v) is 4.11. The standard InChI is InChI=1S/C21H24N2O4S/c1-14-5-3-6-15(2)23(14)19(24)13-27-21(26)16-8-10-17(11-9-16)22-20(25)18-7-4-12-28-18/h4,7-12,14-15H,3,5-6,13H2,1-2H3,(H,22,25)/t14-,15-/m1/s1. The molecule has 1 aromatic heterocycles. The SMILES string of the molecule is C[C@@H]1CCC[C@@H](C)N1C(=O)COC(=O)c1ccc(NC(=O)c2cccs2)cc1. The van der Waals surface area contributed by atoms with E-state index in [-0.39, 0.29) is 30.5 Å². The van der Waals surface area contributed by atoms with Gasteiger partial charge < -0.3 is 15.0 Å². The van der Waals surface area contributed by atoms with Gasteiger partial charge in [-0.05, 0) is 68.8 Å². The van der Waals surface area contributed by atoms with Crippen molar-refractivity contribution in [1.29, 1.82) is 0 Å². The summed E-state index contributed by atoms with van der Waals surface area (Å²) < 4.78 is 5.20. The molecule has 1 aliphatic rings. The van der Waals surface area contributed by atoms with E-state index in [1.807, 2.05) is 30.2 Å². The number of amides is 2. The summed E-state index contributed by atoms with van der Waals surface area (Å²) in [5, 5.41) is 4.61. The summed E-state index contributed by atoms with van der Waals surface area (Å²) in [5.41, 5.74) is 0.920. The van der Waals surface area contributed by atoms with E-state index in [0.29, 0.717) is 16.1 Å². The fourth-order valence-electron chi connectivity index (χ4n) is 3.49. The smallest absolute Gasteiger partial charge is 0.338 e. The summed E-state index contributed by atoms with van der Waals surface area (Å²) in [6.45, 7) is 3.79. The highest BCUT2D eigenvalue weighted by atomic mass is 32.1. The molecule has 28 heavy (non-hydrogen) atoms. The molecule has 1 fully saturated rings. The Labute approximate surface area is 168 Å². The molecule has 2 amide bonds. The van der Waals surface area contributed by atoms with E-state index in [1.165, 1.54) is 11.3 Å². The zero-order chi connectivity index (χ0) is 20.1. The van der Waals surface area contributed by atoms with Crippen LogP contribution in [0.5, 0.6) is 0 Å². The van der Waals surface area contributed by atoms with E-state index in [4.69, 9.17) is 4.74 Å². The summed E-state index contributed by atoms with van der Waals surface area (Å²) in [6.07, 6.45) is 3.06.